The Morgan fingerprint density at radius 1 is 1.67 bits per heavy atom. The Morgan fingerprint density at radius 3 is 3.17 bits per heavy atom. The van der Waals surface area contributed by atoms with Crippen molar-refractivity contribution in [1.82, 2.24) is 4.90 Å². The van der Waals surface area contributed by atoms with E-state index < -0.39 is 0 Å². The van der Waals surface area contributed by atoms with Crippen molar-refractivity contribution < 1.29 is 9.53 Å². The largest absolute Gasteiger partial charge is 0.384 e. The van der Waals surface area contributed by atoms with E-state index in [1.54, 1.807) is 7.11 Å². The molecule has 0 bridgehead atoms. The number of nitrogens with zero attached hydrogens (tertiary/aromatic N) is 1. The summed E-state index contributed by atoms with van der Waals surface area (Å²) in [5, 5.41) is 1.95. The van der Waals surface area contributed by atoms with Crippen LogP contribution in [-0.2, 0) is 4.74 Å². The zero-order valence-electron chi connectivity index (χ0n) is 10.5. The number of carbonyl (C=O) groups is 1. The number of rotatable bonds is 5. The van der Waals surface area contributed by atoms with Gasteiger partial charge in [-0.1, -0.05) is 0 Å². The fraction of sp³-hybridized carbons (Fsp3) is 0.615. The molecule has 1 atom stereocenters. The lowest BCUT2D eigenvalue weighted by Gasteiger charge is -2.31. The lowest BCUT2D eigenvalue weighted by molar-refractivity contribution is 0.0760. The van der Waals surface area contributed by atoms with Gasteiger partial charge in [0.15, 0.2) is 5.78 Å². The first-order valence-electron chi connectivity index (χ1n) is 6.18. The minimum atomic E-state index is 0.218. The van der Waals surface area contributed by atoms with E-state index in [-0.39, 0.29) is 5.78 Å². The van der Waals surface area contributed by atoms with Crippen molar-refractivity contribution in [2.24, 2.45) is 5.92 Å². The number of halogens is 1. The molecule has 1 saturated heterocycles. The monoisotopic (exact) mass is 331 g/mol. The normalized spacial score (nSPS) is 21.1. The van der Waals surface area contributed by atoms with Gasteiger partial charge < -0.3 is 4.74 Å². The van der Waals surface area contributed by atoms with Gasteiger partial charge in [0.2, 0.25) is 0 Å². The maximum atomic E-state index is 12.2. The number of ketones is 1. The van der Waals surface area contributed by atoms with Crippen LogP contribution >= 0.6 is 27.3 Å². The Morgan fingerprint density at radius 2 is 2.50 bits per heavy atom. The van der Waals surface area contributed by atoms with E-state index in [0.29, 0.717) is 12.5 Å². The van der Waals surface area contributed by atoms with E-state index in [1.807, 2.05) is 11.4 Å². The van der Waals surface area contributed by atoms with Crippen LogP contribution in [0.15, 0.2) is 15.9 Å². The van der Waals surface area contributed by atoms with E-state index in [2.05, 4.69) is 20.8 Å². The summed E-state index contributed by atoms with van der Waals surface area (Å²) in [7, 11) is 1.74. The molecule has 0 spiro atoms. The molecule has 1 aliphatic rings. The molecule has 0 aliphatic carbocycles. The van der Waals surface area contributed by atoms with Crippen LogP contribution < -0.4 is 0 Å². The van der Waals surface area contributed by atoms with Crippen molar-refractivity contribution in [3.8, 4) is 0 Å². The van der Waals surface area contributed by atoms with Gasteiger partial charge in [-0.05, 0) is 52.7 Å². The topological polar surface area (TPSA) is 29.5 Å². The summed E-state index contributed by atoms with van der Waals surface area (Å²) >= 11 is 4.93. The van der Waals surface area contributed by atoms with E-state index in [9.17, 15) is 4.79 Å². The van der Waals surface area contributed by atoms with E-state index in [1.165, 1.54) is 17.8 Å². The molecule has 2 heterocycles. The fourth-order valence-electron chi connectivity index (χ4n) is 2.43. The van der Waals surface area contributed by atoms with Crippen LogP contribution in [0.2, 0.25) is 0 Å². The molecule has 1 aliphatic heterocycles. The van der Waals surface area contributed by atoms with E-state index in [0.717, 1.165) is 35.5 Å². The molecule has 100 valence electrons. The van der Waals surface area contributed by atoms with Crippen LogP contribution in [0.1, 0.15) is 22.5 Å². The summed E-state index contributed by atoms with van der Waals surface area (Å²) in [5.41, 5.74) is 0. The Balaban J connectivity index is 1.89. The van der Waals surface area contributed by atoms with Gasteiger partial charge in [-0.2, -0.15) is 0 Å². The number of likely N-dealkylation sites (tertiary alicyclic amines) is 1. The zero-order valence-corrected chi connectivity index (χ0v) is 12.9. The summed E-state index contributed by atoms with van der Waals surface area (Å²) in [5.74, 6) is 0.790. The molecule has 1 aromatic rings. The maximum absolute atomic E-state index is 12.2. The summed E-state index contributed by atoms with van der Waals surface area (Å²) in [6.45, 7) is 3.32. The summed E-state index contributed by atoms with van der Waals surface area (Å²) < 4.78 is 6.13. The number of thiophene rings is 1. The molecule has 18 heavy (non-hydrogen) atoms. The molecule has 0 N–H and O–H groups in total. The second-order valence-electron chi connectivity index (χ2n) is 4.72. The average Bonchev–Trinajstić information content (AvgIpc) is 2.76. The first kappa shape index (κ1) is 14.2. The average molecular weight is 332 g/mol. The number of ether oxygens (including phenoxy) is 1. The Bertz CT molecular complexity index is 405. The van der Waals surface area contributed by atoms with Gasteiger partial charge in [-0.15, -0.1) is 11.3 Å². The number of methoxy groups -OCH3 is 1. The molecule has 2 rings (SSSR count). The van der Waals surface area contributed by atoms with Gasteiger partial charge in [0.05, 0.1) is 18.0 Å². The maximum Gasteiger partial charge on any atom is 0.187 e. The third-order valence-electron chi connectivity index (χ3n) is 3.24. The van der Waals surface area contributed by atoms with Gasteiger partial charge in [0.25, 0.3) is 0 Å². The number of piperidine rings is 1. The van der Waals surface area contributed by atoms with Crippen LogP contribution in [0.5, 0.6) is 0 Å². The third kappa shape index (κ3) is 3.63. The van der Waals surface area contributed by atoms with Gasteiger partial charge in [0.1, 0.15) is 0 Å². The smallest absolute Gasteiger partial charge is 0.187 e. The molecule has 0 amide bonds. The van der Waals surface area contributed by atoms with E-state index in [4.69, 9.17) is 4.74 Å². The highest BCUT2D eigenvalue weighted by Gasteiger charge is 2.22. The number of carbonyl (C=O) groups excluding carboxylic acids is 1. The lowest BCUT2D eigenvalue weighted by Crippen LogP contribution is -2.40. The van der Waals surface area contributed by atoms with Gasteiger partial charge in [-0.25, -0.2) is 0 Å². The summed E-state index contributed by atoms with van der Waals surface area (Å²) in [6, 6.07) is 1.93. The van der Waals surface area contributed by atoms with Crippen LogP contribution in [-0.4, -0.2) is 44.0 Å². The van der Waals surface area contributed by atoms with Crippen molar-refractivity contribution in [2.75, 3.05) is 33.4 Å². The van der Waals surface area contributed by atoms with Crippen molar-refractivity contribution in [3.05, 3.63) is 20.8 Å². The molecule has 0 radical (unpaired) electrons. The second kappa shape index (κ2) is 6.80. The van der Waals surface area contributed by atoms with Crippen molar-refractivity contribution in [3.63, 3.8) is 0 Å². The highest BCUT2D eigenvalue weighted by molar-refractivity contribution is 9.10. The van der Waals surface area contributed by atoms with Crippen LogP contribution in [0.3, 0.4) is 0 Å². The first-order valence-corrected chi connectivity index (χ1v) is 7.85. The van der Waals surface area contributed by atoms with Gasteiger partial charge in [0, 0.05) is 18.1 Å². The Hall–Kier alpha value is -0.230. The molecule has 0 aromatic carbocycles. The molecule has 1 aromatic heterocycles. The molecule has 3 nitrogen and oxygen atoms in total. The van der Waals surface area contributed by atoms with Crippen molar-refractivity contribution in [1.29, 1.82) is 0 Å². The van der Waals surface area contributed by atoms with Crippen LogP contribution in [0.25, 0.3) is 0 Å². The van der Waals surface area contributed by atoms with Crippen molar-refractivity contribution in [2.45, 2.75) is 12.8 Å². The van der Waals surface area contributed by atoms with Crippen LogP contribution in [0, 0.1) is 5.92 Å². The SMILES string of the molecule is COCC1CCCN(CC(=O)c2sccc2Br)C1. The highest BCUT2D eigenvalue weighted by atomic mass is 79.9. The molecule has 1 unspecified atom stereocenters. The minimum Gasteiger partial charge on any atom is -0.384 e. The van der Waals surface area contributed by atoms with Crippen LogP contribution in [0.4, 0.5) is 0 Å². The zero-order chi connectivity index (χ0) is 13.0. The third-order valence-corrected chi connectivity index (χ3v) is 5.12. The molecule has 1 fully saturated rings. The summed E-state index contributed by atoms with van der Waals surface area (Å²) in [6.07, 6.45) is 2.37. The lowest BCUT2D eigenvalue weighted by atomic mass is 9.99. The van der Waals surface area contributed by atoms with E-state index >= 15 is 0 Å². The Kier molecular flexibility index (Phi) is 5.36. The molecular weight excluding hydrogens is 314 g/mol. The molecule has 5 heteroatoms. The first-order chi connectivity index (χ1) is 8.70. The Labute approximate surface area is 120 Å². The predicted octanol–water partition coefficient (Wildman–Crippen LogP) is 3.05. The quantitative estimate of drug-likeness (QED) is 0.776. The minimum absolute atomic E-state index is 0.218. The summed E-state index contributed by atoms with van der Waals surface area (Å²) in [4.78, 5) is 15.3. The standard InChI is InChI=1S/C13H18BrNO2S/c1-17-9-10-3-2-5-15(7-10)8-12(16)13-11(14)4-6-18-13/h4,6,10H,2-3,5,7-9H2,1H3. The number of hydrogen-bond acceptors (Lipinski definition) is 4. The molecular formula is C13H18BrNO2S. The fourth-order valence-corrected chi connectivity index (χ4v) is 3.96. The number of hydrogen-bond donors (Lipinski definition) is 0. The molecule has 0 saturated carbocycles. The van der Waals surface area contributed by atoms with Crippen molar-refractivity contribution >= 4 is 33.0 Å². The number of Topliss-reactive ketones (excluding diaryl/α,β-unsaturated/α-hetero) is 1. The van der Waals surface area contributed by atoms with Gasteiger partial charge in [-0.3, -0.25) is 9.69 Å². The van der Waals surface area contributed by atoms with Gasteiger partial charge >= 0.3 is 0 Å². The highest BCUT2D eigenvalue weighted by Crippen LogP contribution is 2.24. The predicted molar refractivity (Wildman–Crippen MR) is 77.4 cm³/mol. The second-order valence-corrected chi connectivity index (χ2v) is 6.49.